The van der Waals surface area contributed by atoms with Gasteiger partial charge in [-0.2, -0.15) is 0 Å². The lowest BCUT2D eigenvalue weighted by molar-refractivity contribution is -0.141. The fourth-order valence-electron chi connectivity index (χ4n) is 3.66. The second-order valence-corrected chi connectivity index (χ2v) is 8.16. The molecule has 0 saturated heterocycles. The van der Waals surface area contributed by atoms with Gasteiger partial charge in [0.25, 0.3) is 0 Å². The van der Waals surface area contributed by atoms with E-state index in [0.717, 1.165) is 16.5 Å². The Morgan fingerprint density at radius 1 is 0.914 bits per heavy atom. The molecule has 0 aliphatic heterocycles. The minimum absolute atomic E-state index is 0.0570. The number of nitrogens with one attached hydrogen (secondary N) is 3. The van der Waals surface area contributed by atoms with Crippen molar-refractivity contribution in [1.29, 1.82) is 0 Å². The zero-order valence-corrected chi connectivity index (χ0v) is 18.7. The molecule has 0 saturated carbocycles. The summed E-state index contributed by atoms with van der Waals surface area (Å²) in [5.41, 5.74) is 13.7. The van der Waals surface area contributed by atoms with Crippen LogP contribution in [0.25, 0.3) is 10.9 Å². The summed E-state index contributed by atoms with van der Waals surface area (Å²) < 4.78 is 0. The van der Waals surface area contributed by atoms with Gasteiger partial charge >= 0.3 is 5.97 Å². The Bertz CT molecular complexity index is 1220. The molecule has 11 heteroatoms. The zero-order chi connectivity index (χ0) is 25.5. The fourth-order valence-corrected chi connectivity index (χ4v) is 3.66. The first kappa shape index (κ1) is 25.2. The van der Waals surface area contributed by atoms with Crippen LogP contribution in [0, 0.1) is 0 Å². The third-order valence-corrected chi connectivity index (χ3v) is 5.50. The molecule has 3 aromatic rings. The number of rotatable bonds is 11. The summed E-state index contributed by atoms with van der Waals surface area (Å²) in [5, 5.41) is 24.2. The number of amides is 3. The van der Waals surface area contributed by atoms with Crippen LogP contribution in [-0.2, 0) is 32.0 Å². The SMILES string of the molecule is NC(=O)[C@H](Cc1c[nH]c2ccccc12)NC(=O)[C@H](CC(=O)O)NC(=O)C(N)Cc1ccc(O)cc1. The Labute approximate surface area is 200 Å². The number of H-pyrrole nitrogens is 1. The van der Waals surface area contributed by atoms with Crippen LogP contribution < -0.4 is 22.1 Å². The Morgan fingerprint density at radius 3 is 2.23 bits per heavy atom. The molecule has 0 aliphatic rings. The first-order valence-corrected chi connectivity index (χ1v) is 10.8. The summed E-state index contributed by atoms with van der Waals surface area (Å²) in [5.74, 6) is -3.70. The number of aromatic hydroxyl groups is 1. The number of aromatic amines is 1. The van der Waals surface area contributed by atoms with Gasteiger partial charge in [-0.3, -0.25) is 19.2 Å². The molecule has 0 radical (unpaired) electrons. The Morgan fingerprint density at radius 2 is 1.57 bits per heavy atom. The summed E-state index contributed by atoms with van der Waals surface area (Å²) in [6.07, 6.45) is 1.14. The average Bonchev–Trinajstić information content (AvgIpc) is 3.22. The number of hydrogen-bond donors (Lipinski definition) is 7. The van der Waals surface area contributed by atoms with Gasteiger partial charge < -0.3 is 37.3 Å². The topological polar surface area (TPSA) is 201 Å². The number of carboxylic acids is 1. The highest BCUT2D eigenvalue weighted by molar-refractivity contribution is 5.95. The maximum Gasteiger partial charge on any atom is 0.305 e. The lowest BCUT2D eigenvalue weighted by atomic mass is 10.0. The van der Waals surface area contributed by atoms with E-state index in [9.17, 15) is 29.4 Å². The zero-order valence-electron chi connectivity index (χ0n) is 18.7. The number of carbonyl (C=O) groups excluding carboxylic acids is 3. The van der Waals surface area contributed by atoms with E-state index in [1.54, 1.807) is 18.3 Å². The minimum atomic E-state index is -1.48. The molecule has 0 fully saturated rings. The molecular weight excluding hydrogens is 454 g/mol. The van der Waals surface area contributed by atoms with Crippen molar-refractivity contribution in [3.05, 3.63) is 65.9 Å². The quantitative estimate of drug-likeness (QED) is 0.198. The van der Waals surface area contributed by atoms with Gasteiger partial charge in [-0.15, -0.1) is 0 Å². The van der Waals surface area contributed by atoms with Crippen LogP contribution in [0.4, 0.5) is 0 Å². The maximum atomic E-state index is 12.9. The molecule has 0 bridgehead atoms. The first-order chi connectivity index (χ1) is 16.6. The van der Waals surface area contributed by atoms with E-state index in [1.807, 2.05) is 24.3 Å². The van der Waals surface area contributed by atoms with Gasteiger partial charge in [-0.25, -0.2) is 0 Å². The molecule has 11 nitrogen and oxygen atoms in total. The third-order valence-electron chi connectivity index (χ3n) is 5.50. The fraction of sp³-hybridized carbons (Fsp3) is 0.250. The molecule has 3 rings (SSSR count). The Hall–Kier alpha value is -4.38. The van der Waals surface area contributed by atoms with Gasteiger partial charge in [-0.1, -0.05) is 30.3 Å². The molecule has 3 atom stereocenters. The number of primary amides is 1. The van der Waals surface area contributed by atoms with E-state index in [4.69, 9.17) is 11.5 Å². The third kappa shape index (κ3) is 6.81. The molecule has 1 unspecified atom stereocenters. The number of carbonyl (C=O) groups is 4. The second kappa shape index (κ2) is 11.2. The highest BCUT2D eigenvalue weighted by Crippen LogP contribution is 2.19. The molecule has 0 spiro atoms. The van der Waals surface area contributed by atoms with Crippen LogP contribution in [0.15, 0.2) is 54.7 Å². The number of nitrogens with two attached hydrogens (primary N) is 2. The van der Waals surface area contributed by atoms with Crippen LogP contribution >= 0.6 is 0 Å². The van der Waals surface area contributed by atoms with E-state index in [-0.39, 0.29) is 18.6 Å². The summed E-state index contributed by atoms with van der Waals surface area (Å²) in [6, 6.07) is 9.76. The predicted molar refractivity (Wildman–Crippen MR) is 127 cm³/mol. The van der Waals surface area contributed by atoms with E-state index in [2.05, 4.69) is 15.6 Å². The molecule has 1 aromatic heterocycles. The molecule has 2 aromatic carbocycles. The number of aliphatic carboxylic acids is 1. The molecule has 1 heterocycles. The largest absolute Gasteiger partial charge is 0.508 e. The molecule has 184 valence electrons. The second-order valence-electron chi connectivity index (χ2n) is 8.16. The number of phenolic OH excluding ortho intramolecular Hbond substituents is 1. The molecule has 35 heavy (non-hydrogen) atoms. The number of fused-ring (bicyclic) bond motifs is 1. The number of aromatic nitrogens is 1. The van der Waals surface area contributed by atoms with Crippen molar-refractivity contribution >= 4 is 34.6 Å². The Kier molecular flexibility index (Phi) is 8.05. The van der Waals surface area contributed by atoms with Crippen molar-refractivity contribution in [2.45, 2.75) is 37.4 Å². The van der Waals surface area contributed by atoms with E-state index >= 15 is 0 Å². The van der Waals surface area contributed by atoms with Crippen LogP contribution in [0.2, 0.25) is 0 Å². The van der Waals surface area contributed by atoms with Gasteiger partial charge in [0.15, 0.2) is 0 Å². The number of para-hydroxylation sites is 1. The number of benzene rings is 2. The predicted octanol–water partition coefficient (Wildman–Crippen LogP) is -0.0844. The van der Waals surface area contributed by atoms with Crippen molar-refractivity contribution in [2.24, 2.45) is 11.5 Å². The standard InChI is InChI=1S/C24H27N5O6/c25-17(9-13-5-7-15(30)8-6-13)23(34)29-20(11-21(31)32)24(35)28-19(22(26)33)10-14-12-27-18-4-2-1-3-16(14)18/h1-8,12,17,19-20,27,30H,9-11,25H2,(H2,26,33)(H,28,35)(H,29,34)(H,31,32)/t17?,19-,20-/m0/s1. The summed E-state index contributed by atoms with van der Waals surface area (Å²) in [7, 11) is 0. The van der Waals surface area contributed by atoms with Crippen molar-refractivity contribution in [3.8, 4) is 5.75 Å². The van der Waals surface area contributed by atoms with Crippen molar-refractivity contribution in [1.82, 2.24) is 15.6 Å². The van der Waals surface area contributed by atoms with Gasteiger partial charge in [-0.05, 0) is 35.7 Å². The van der Waals surface area contributed by atoms with Crippen LogP contribution in [0.3, 0.4) is 0 Å². The highest BCUT2D eigenvalue weighted by Gasteiger charge is 2.29. The average molecular weight is 482 g/mol. The first-order valence-electron chi connectivity index (χ1n) is 10.8. The normalized spacial score (nSPS) is 13.5. The lowest BCUT2D eigenvalue weighted by Crippen LogP contribution is -2.56. The van der Waals surface area contributed by atoms with Crippen molar-refractivity contribution in [3.63, 3.8) is 0 Å². The maximum absolute atomic E-state index is 12.9. The monoisotopic (exact) mass is 481 g/mol. The molecular formula is C24H27N5O6. The van der Waals surface area contributed by atoms with Gasteiger partial charge in [0.2, 0.25) is 17.7 Å². The van der Waals surface area contributed by atoms with Crippen molar-refractivity contribution < 1.29 is 29.4 Å². The highest BCUT2D eigenvalue weighted by atomic mass is 16.4. The molecule has 3 amide bonds. The molecule has 9 N–H and O–H groups in total. The summed E-state index contributed by atoms with van der Waals surface area (Å²) in [4.78, 5) is 51.9. The van der Waals surface area contributed by atoms with Gasteiger partial charge in [0.1, 0.15) is 17.8 Å². The minimum Gasteiger partial charge on any atom is -0.508 e. The van der Waals surface area contributed by atoms with E-state index in [1.165, 1.54) is 12.1 Å². The van der Waals surface area contributed by atoms with Gasteiger partial charge in [0.05, 0.1) is 12.5 Å². The molecule has 0 aliphatic carbocycles. The summed E-state index contributed by atoms with van der Waals surface area (Å²) in [6.45, 7) is 0. The van der Waals surface area contributed by atoms with E-state index < -0.39 is 48.2 Å². The van der Waals surface area contributed by atoms with Crippen molar-refractivity contribution in [2.75, 3.05) is 0 Å². The number of carboxylic acid groups (broad SMARTS) is 1. The summed E-state index contributed by atoms with van der Waals surface area (Å²) >= 11 is 0. The van der Waals surface area contributed by atoms with Crippen LogP contribution in [0.1, 0.15) is 17.5 Å². The number of hydrogen-bond acceptors (Lipinski definition) is 6. The smallest absolute Gasteiger partial charge is 0.305 e. The lowest BCUT2D eigenvalue weighted by Gasteiger charge is -2.22. The van der Waals surface area contributed by atoms with Crippen LogP contribution in [-0.4, -0.2) is 57.0 Å². The van der Waals surface area contributed by atoms with Gasteiger partial charge in [0, 0.05) is 23.5 Å². The van der Waals surface area contributed by atoms with Crippen LogP contribution in [0.5, 0.6) is 5.75 Å². The van der Waals surface area contributed by atoms with E-state index in [0.29, 0.717) is 5.56 Å². The Balaban J connectivity index is 1.68. The number of phenols is 1.